The van der Waals surface area contributed by atoms with Gasteiger partial charge in [-0.25, -0.2) is 13.2 Å². The predicted molar refractivity (Wildman–Crippen MR) is 124 cm³/mol. The van der Waals surface area contributed by atoms with E-state index in [4.69, 9.17) is 14.6 Å². The van der Waals surface area contributed by atoms with Crippen LogP contribution in [0.5, 0.6) is 5.75 Å². The van der Waals surface area contributed by atoms with Crippen LogP contribution >= 0.6 is 0 Å². The number of likely N-dealkylation sites (tertiary alicyclic amines) is 1. The van der Waals surface area contributed by atoms with Crippen LogP contribution < -0.4 is 10.1 Å². The Morgan fingerprint density at radius 1 is 1.19 bits per heavy atom. The van der Waals surface area contributed by atoms with Crippen molar-refractivity contribution in [3.05, 3.63) is 24.3 Å². The molecule has 9 nitrogen and oxygen atoms in total. The zero-order valence-corrected chi connectivity index (χ0v) is 21.1. The van der Waals surface area contributed by atoms with Crippen LogP contribution in [0.25, 0.3) is 0 Å². The number of carboxylic acids is 1. The Labute approximate surface area is 208 Å². The minimum absolute atomic E-state index is 0.0524. The Bertz CT molecular complexity index is 1040. The highest BCUT2D eigenvalue weighted by molar-refractivity contribution is 7.89. The lowest BCUT2D eigenvalue weighted by Crippen LogP contribution is -2.56. The van der Waals surface area contributed by atoms with Crippen molar-refractivity contribution in [1.29, 1.82) is 0 Å². The molecule has 4 rings (SSSR count). The van der Waals surface area contributed by atoms with E-state index in [1.54, 1.807) is 35.7 Å². The number of nitrogens with one attached hydrogen (secondary N) is 1. The number of nitrogens with zero attached hydrogens (tertiary/aromatic N) is 2. The molecule has 3 aliphatic rings. The minimum Gasteiger partial charge on any atom is -0.497 e. The number of rotatable bonds is 6. The van der Waals surface area contributed by atoms with Crippen LogP contribution in [0, 0.1) is 11.8 Å². The number of unbranched alkanes of at least 4 members (excludes halogenated alkanes) is 1. The van der Waals surface area contributed by atoms with E-state index in [1.807, 2.05) is 0 Å². The van der Waals surface area contributed by atoms with Crippen LogP contribution in [-0.4, -0.2) is 86.2 Å². The molecular formula is C23H32F3N3O6S. The second-order valence-electron chi connectivity index (χ2n) is 9.35. The first-order valence-corrected chi connectivity index (χ1v) is 13.3. The molecule has 0 saturated carbocycles. The largest absolute Gasteiger partial charge is 0.497 e. The summed E-state index contributed by atoms with van der Waals surface area (Å²) in [6, 6.07) is 6.52. The van der Waals surface area contributed by atoms with Crippen molar-refractivity contribution in [2.45, 2.75) is 49.2 Å². The van der Waals surface area contributed by atoms with E-state index in [0.29, 0.717) is 31.7 Å². The molecule has 1 aromatic rings. The van der Waals surface area contributed by atoms with Gasteiger partial charge in [-0.2, -0.15) is 17.5 Å². The van der Waals surface area contributed by atoms with Crippen molar-refractivity contribution in [1.82, 2.24) is 14.5 Å². The van der Waals surface area contributed by atoms with Crippen molar-refractivity contribution in [3.63, 3.8) is 0 Å². The third kappa shape index (κ3) is 5.94. The number of alkyl halides is 3. The van der Waals surface area contributed by atoms with Crippen LogP contribution in [0.2, 0.25) is 0 Å². The van der Waals surface area contributed by atoms with Gasteiger partial charge in [0.05, 0.1) is 17.9 Å². The summed E-state index contributed by atoms with van der Waals surface area (Å²) < 4.78 is 64.5. The molecule has 3 fully saturated rings. The van der Waals surface area contributed by atoms with E-state index in [2.05, 4.69) is 17.1 Å². The Kier molecular flexibility index (Phi) is 8.56. The first-order valence-electron chi connectivity index (χ1n) is 11.8. The SMILES string of the molecule is CCCCN1C[C@H]2C(=O)NC3(CCN(S(=O)(=O)c4ccc(OC)cc4)CC3)[C@H]2C1.O=C(O)C(F)(F)F. The third-order valence-electron chi connectivity index (χ3n) is 7.20. The topological polar surface area (TPSA) is 116 Å². The van der Waals surface area contributed by atoms with Gasteiger partial charge in [0.15, 0.2) is 0 Å². The molecule has 2 N–H and O–H groups in total. The molecule has 0 radical (unpaired) electrons. The van der Waals surface area contributed by atoms with Crippen LogP contribution in [0.4, 0.5) is 13.2 Å². The lowest BCUT2D eigenvalue weighted by atomic mass is 9.76. The lowest BCUT2D eigenvalue weighted by Gasteiger charge is -2.42. The number of carboxylic acid groups (broad SMARTS) is 1. The van der Waals surface area contributed by atoms with Gasteiger partial charge in [0.25, 0.3) is 0 Å². The van der Waals surface area contributed by atoms with E-state index >= 15 is 0 Å². The molecular weight excluding hydrogens is 503 g/mol. The second kappa shape index (κ2) is 10.9. The molecule has 3 heterocycles. The third-order valence-corrected chi connectivity index (χ3v) is 9.11. The first-order chi connectivity index (χ1) is 16.8. The molecule has 13 heteroatoms. The maximum atomic E-state index is 13.0. The fourth-order valence-electron chi connectivity index (χ4n) is 5.22. The van der Waals surface area contributed by atoms with Gasteiger partial charge in [-0.15, -0.1) is 0 Å². The summed E-state index contributed by atoms with van der Waals surface area (Å²) >= 11 is 0. The molecule has 202 valence electrons. The summed E-state index contributed by atoms with van der Waals surface area (Å²) in [4.78, 5) is 24.2. The molecule has 0 aliphatic carbocycles. The molecule has 3 saturated heterocycles. The van der Waals surface area contributed by atoms with Crippen LogP contribution in [0.1, 0.15) is 32.6 Å². The zero-order chi connectivity index (χ0) is 26.7. The highest BCUT2D eigenvalue weighted by Crippen LogP contribution is 2.44. The average Bonchev–Trinajstić information content (AvgIpc) is 3.37. The van der Waals surface area contributed by atoms with Crippen LogP contribution in [0.15, 0.2) is 29.2 Å². The zero-order valence-electron chi connectivity index (χ0n) is 20.3. The number of piperidine rings is 1. The Morgan fingerprint density at radius 2 is 1.78 bits per heavy atom. The van der Waals surface area contributed by atoms with E-state index in [1.165, 1.54) is 0 Å². The number of fused-ring (bicyclic) bond motifs is 2. The van der Waals surface area contributed by atoms with Crippen LogP contribution in [0.3, 0.4) is 0 Å². The number of carbonyl (C=O) groups excluding carboxylic acids is 1. The highest BCUT2D eigenvalue weighted by Gasteiger charge is 2.57. The van der Waals surface area contributed by atoms with Crippen LogP contribution in [-0.2, 0) is 19.6 Å². The van der Waals surface area contributed by atoms with Gasteiger partial charge in [-0.1, -0.05) is 13.3 Å². The fraction of sp³-hybridized carbons (Fsp3) is 0.652. The first kappa shape index (κ1) is 28.2. The molecule has 0 bridgehead atoms. The maximum absolute atomic E-state index is 13.0. The summed E-state index contributed by atoms with van der Waals surface area (Å²) in [7, 11) is -1.98. The van der Waals surface area contributed by atoms with Gasteiger partial charge in [-0.05, 0) is 50.1 Å². The maximum Gasteiger partial charge on any atom is 0.490 e. The Balaban J connectivity index is 0.000000454. The summed E-state index contributed by atoms with van der Waals surface area (Å²) in [6.45, 7) is 5.88. The van der Waals surface area contributed by atoms with Gasteiger partial charge >= 0.3 is 12.1 Å². The van der Waals surface area contributed by atoms with Gasteiger partial charge in [0, 0.05) is 37.6 Å². The Morgan fingerprint density at radius 3 is 2.28 bits per heavy atom. The molecule has 0 unspecified atom stereocenters. The lowest BCUT2D eigenvalue weighted by molar-refractivity contribution is -0.192. The van der Waals surface area contributed by atoms with Crippen molar-refractivity contribution in [3.8, 4) is 5.75 Å². The van der Waals surface area contributed by atoms with E-state index in [9.17, 15) is 26.4 Å². The van der Waals surface area contributed by atoms with E-state index in [0.717, 1.165) is 32.5 Å². The smallest absolute Gasteiger partial charge is 0.490 e. The normalized spacial score (nSPS) is 24.1. The monoisotopic (exact) mass is 535 g/mol. The van der Waals surface area contributed by atoms with Crippen molar-refractivity contribution in [2.75, 3.05) is 39.8 Å². The molecule has 0 aromatic heterocycles. The number of hydrogen-bond acceptors (Lipinski definition) is 6. The number of sulfonamides is 1. The molecule has 1 amide bonds. The van der Waals surface area contributed by atoms with Gasteiger partial charge in [0.2, 0.25) is 15.9 Å². The number of methoxy groups -OCH3 is 1. The molecule has 3 aliphatic heterocycles. The second-order valence-corrected chi connectivity index (χ2v) is 11.3. The summed E-state index contributed by atoms with van der Waals surface area (Å²) in [5, 5.41) is 10.4. The minimum atomic E-state index is -5.08. The Hall–Kier alpha value is -2.38. The fourth-order valence-corrected chi connectivity index (χ4v) is 6.67. The number of hydrogen-bond donors (Lipinski definition) is 2. The van der Waals surface area contributed by atoms with Gasteiger partial charge in [-0.3, -0.25) is 4.79 Å². The summed E-state index contributed by atoms with van der Waals surface area (Å²) in [5.74, 6) is -1.63. The van der Waals surface area contributed by atoms with Crippen molar-refractivity contribution < 1.29 is 41.0 Å². The van der Waals surface area contributed by atoms with E-state index < -0.39 is 22.2 Å². The number of aliphatic carboxylic acids is 1. The van der Waals surface area contributed by atoms with Gasteiger partial charge < -0.3 is 20.1 Å². The number of carbonyl (C=O) groups is 2. The van der Waals surface area contributed by atoms with Gasteiger partial charge in [0.1, 0.15) is 5.75 Å². The van der Waals surface area contributed by atoms with E-state index in [-0.39, 0.29) is 28.2 Å². The predicted octanol–water partition coefficient (Wildman–Crippen LogP) is 2.33. The number of halogens is 3. The summed E-state index contributed by atoms with van der Waals surface area (Å²) in [6.07, 6.45) is -1.42. The highest BCUT2D eigenvalue weighted by atomic mass is 32.2. The number of benzene rings is 1. The summed E-state index contributed by atoms with van der Waals surface area (Å²) in [5.41, 5.74) is -0.255. The van der Waals surface area contributed by atoms with Crippen molar-refractivity contribution >= 4 is 21.9 Å². The molecule has 1 spiro atoms. The average molecular weight is 536 g/mol. The molecule has 2 atom stereocenters. The molecule has 1 aromatic carbocycles. The van der Waals surface area contributed by atoms with Crippen molar-refractivity contribution in [2.24, 2.45) is 11.8 Å². The standard InChI is InChI=1S/C21H31N3O4S.C2HF3O2/c1-3-4-11-23-14-18-19(15-23)21(22-20(18)25)9-12-24(13-10-21)29(26,27)17-7-5-16(28-2)6-8-17;3-2(4,5)1(6)7/h5-8,18-19H,3-4,9-15H2,1-2H3,(H,22,25);(H,6,7)/t18-,19+;/m1./s1. The quantitative estimate of drug-likeness (QED) is 0.574. The number of amides is 1. The molecule has 36 heavy (non-hydrogen) atoms. The number of ether oxygens (including phenoxy) is 1.